The van der Waals surface area contributed by atoms with Crippen molar-refractivity contribution >= 4 is 6.21 Å². The van der Waals surface area contributed by atoms with Crippen LogP contribution in [0.15, 0.2) is 17.1 Å². The number of aliphatic hydroxyl groups is 1. The van der Waals surface area contributed by atoms with Crippen LogP contribution in [0.3, 0.4) is 0 Å². The zero-order chi connectivity index (χ0) is 15.9. The van der Waals surface area contributed by atoms with E-state index in [-0.39, 0.29) is 6.61 Å². The average molecular weight is 309 g/mol. The van der Waals surface area contributed by atoms with Gasteiger partial charge in [0.25, 0.3) is 0 Å². The normalized spacial score (nSPS) is 18.7. The first kappa shape index (κ1) is 19.4. The minimum atomic E-state index is 0.245. The molecular formula is C19H36N2O. The van der Waals surface area contributed by atoms with E-state index in [2.05, 4.69) is 29.0 Å². The summed E-state index contributed by atoms with van der Waals surface area (Å²) in [4.78, 5) is 6.78. The van der Waals surface area contributed by atoms with E-state index in [4.69, 9.17) is 5.11 Å². The van der Waals surface area contributed by atoms with Crippen LogP contribution in [0.1, 0.15) is 77.6 Å². The van der Waals surface area contributed by atoms with Crippen LogP contribution in [0.2, 0.25) is 0 Å². The standard InChI is InChI=1S/C19H36N2O/c1-2-3-4-5-6-7-8-9-10-11-12-13-14-19-20-15-16-21(19)17-18-22/h2-3,15,19,22H,4-14,16-18H2,1H3/b3-2+. The van der Waals surface area contributed by atoms with Gasteiger partial charge in [0, 0.05) is 19.3 Å². The molecule has 22 heavy (non-hydrogen) atoms. The summed E-state index contributed by atoms with van der Waals surface area (Å²) in [5.41, 5.74) is 0. The van der Waals surface area contributed by atoms with Crippen molar-refractivity contribution in [2.45, 2.75) is 83.7 Å². The lowest BCUT2D eigenvalue weighted by Gasteiger charge is -2.21. The van der Waals surface area contributed by atoms with Crippen molar-refractivity contribution < 1.29 is 5.11 Å². The molecule has 128 valence electrons. The lowest BCUT2D eigenvalue weighted by atomic mass is 10.1. The smallest absolute Gasteiger partial charge is 0.102 e. The van der Waals surface area contributed by atoms with E-state index < -0.39 is 0 Å². The molecule has 0 saturated heterocycles. The molecule has 3 nitrogen and oxygen atoms in total. The Bertz CT molecular complexity index is 302. The number of aliphatic hydroxyl groups excluding tert-OH is 1. The molecule has 1 rings (SSSR count). The van der Waals surface area contributed by atoms with Gasteiger partial charge in [0.2, 0.25) is 0 Å². The molecule has 0 aliphatic carbocycles. The lowest BCUT2D eigenvalue weighted by Crippen LogP contribution is -2.32. The molecule has 1 heterocycles. The maximum atomic E-state index is 9.02. The van der Waals surface area contributed by atoms with Crippen molar-refractivity contribution in [2.24, 2.45) is 4.99 Å². The quantitative estimate of drug-likeness (QED) is 0.377. The fourth-order valence-corrected chi connectivity index (χ4v) is 3.11. The number of hydrogen-bond donors (Lipinski definition) is 1. The Balaban J connectivity index is 1.82. The summed E-state index contributed by atoms with van der Waals surface area (Å²) >= 11 is 0. The minimum Gasteiger partial charge on any atom is -0.395 e. The fraction of sp³-hybridized carbons (Fsp3) is 0.842. The molecule has 0 aromatic rings. The molecule has 0 spiro atoms. The van der Waals surface area contributed by atoms with Crippen LogP contribution in [0.25, 0.3) is 0 Å². The van der Waals surface area contributed by atoms with Gasteiger partial charge in [0.1, 0.15) is 6.17 Å². The predicted octanol–water partition coefficient (Wildman–Crippen LogP) is 4.56. The van der Waals surface area contributed by atoms with Gasteiger partial charge >= 0.3 is 0 Å². The van der Waals surface area contributed by atoms with E-state index in [0.29, 0.717) is 6.17 Å². The van der Waals surface area contributed by atoms with Gasteiger partial charge in [-0.3, -0.25) is 9.89 Å². The third-order valence-corrected chi connectivity index (χ3v) is 4.47. The SMILES string of the molecule is C/C=C/CCCCCCCCCCCC1N=CCN1CCO. The second kappa shape index (κ2) is 14.0. The zero-order valence-corrected chi connectivity index (χ0v) is 14.6. The van der Waals surface area contributed by atoms with Crippen LogP contribution in [-0.2, 0) is 0 Å². The highest BCUT2D eigenvalue weighted by Gasteiger charge is 2.19. The Morgan fingerprint density at radius 3 is 2.32 bits per heavy atom. The van der Waals surface area contributed by atoms with E-state index >= 15 is 0 Å². The van der Waals surface area contributed by atoms with Crippen LogP contribution < -0.4 is 0 Å². The molecule has 0 aromatic heterocycles. The summed E-state index contributed by atoms with van der Waals surface area (Å²) in [6, 6.07) is 0. The Kier molecular flexibility index (Phi) is 12.3. The van der Waals surface area contributed by atoms with E-state index in [1.165, 1.54) is 64.2 Å². The molecule has 0 radical (unpaired) electrons. The molecule has 1 unspecified atom stereocenters. The Labute approximate surface area is 137 Å². The highest BCUT2D eigenvalue weighted by molar-refractivity contribution is 5.62. The molecule has 1 aliphatic rings. The third-order valence-electron chi connectivity index (χ3n) is 4.47. The largest absolute Gasteiger partial charge is 0.395 e. The number of rotatable bonds is 14. The molecule has 0 saturated carbocycles. The summed E-state index contributed by atoms with van der Waals surface area (Å²) in [6.45, 7) is 4.02. The summed E-state index contributed by atoms with van der Waals surface area (Å²) in [5, 5.41) is 9.02. The third kappa shape index (κ3) is 9.37. The first-order chi connectivity index (χ1) is 10.9. The molecular weight excluding hydrogens is 272 g/mol. The molecule has 1 atom stereocenters. The van der Waals surface area contributed by atoms with E-state index in [1.54, 1.807) is 0 Å². The number of unbranched alkanes of at least 4 members (excludes halogenated alkanes) is 9. The predicted molar refractivity (Wildman–Crippen MR) is 96.5 cm³/mol. The van der Waals surface area contributed by atoms with Crippen molar-refractivity contribution in [3.63, 3.8) is 0 Å². The van der Waals surface area contributed by atoms with Crippen molar-refractivity contribution in [2.75, 3.05) is 19.7 Å². The molecule has 0 amide bonds. The fourth-order valence-electron chi connectivity index (χ4n) is 3.11. The Morgan fingerprint density at radius 2 is 1.68 bits per heavy atom. The maximum absolute atomic E-state index is 9.02. The van der Waals surface area contributed by atoms with E-state index in [1.807, 2.05) is 6.21 Å². The number of β-amino-alcohol motifs (C(OH)–C–C–N with tert-alkyl or cyclic N) is 1. The van der Waals surface area contributed by atoms with Gasteiger partial charge in [-0.1, -0.05) is 57.1 Å². The monoisotopic (exact) mass is 308 g/mol. The molecule has 0 fully saturated rings. The second-order valence-electron chi connectivity index (χ2n) is 6.36. The highest BCUT2D eigenvalue weighted by atomic mass is 16.3. The zero-order valence-electron chi connectivity index (χ0n) is 14.6. The molecule has 0 bridgehead atoms. The van der Waals surface area contributed by atoms with Crippen molar-refractivity contribution in [3.8, 4) is 0 Å². The maximum Gasteiger partial charge on any atom is 0.102 e. The van der Waals surface area contributed by atoms with Gasteiger partial charge in [-0.05, 0) is 32.6 Å². The van der Waals surface area contributed by atoms with E-state index in [0.717, 1.165) is 19.5 Å². The van der Waals surface area contributed by atoms with Crippen LogP contribution in [0.5, 0.6) is 0 Å². The second-order valence-corrected chi connectivity index (χ2v) is 6.36. The van der Waals surface area contributed by atoms with Crippen LogP contribution in [0, 0.1) is 0 Å². The van der Waals surface area contributed by atoms with Crippen molar-refractivity contribution in [3.05, 3.63) is 12.2 Å². The number of aliphatic imine (C=N–C) groups is 1. The van der Waals surface area contributed by atoms with Gasteiger partial charge in [0.05, 0.1) is 6.61 Å². The summed E-state index contributed by atoms with van der Waals surface area (Å²) in [5.74, 6) is 0. The van der Waals surface area contributed by atoms with Gasteiger partial charge in [0.15, 0.2) is 0 Å². The summed E-state index contributed by atoms with van der Waals surface area (Å²) in [6.07, 6.45) is 21.5. The molecule has 1 N–H and O–H groups in total. The molecule has 1 aliphatic heterocycles. The van der Waals surface area contributed by atoms with Crippen LogP contribution in [0.4, 0.5) is 0 Å². The van der Waals surface area contributed by atoms with Gasteiger partial charge in [-0.2, -0.15) is 0 Å². The first-order valence-corrected chi connectivity index (χ1v) is 9.36. The number of nitrogens with zero attached hydrogens (tertiary/aromatic N) is 2. The summed E-state index contributed by atoms with van der Waals surface area (Å²) < 4.78 is 0. The highest BCUT2D eigenvalue weighted by Crippen LogP contribution is 2.16. The molecule has 3 heteroatoms. The number of hydrogen-bond acceptors (Lipinski definition) is 3. The Hall–Kier alpha value is -0.670. The van der Waals surface area contributed by atoms with Gasteiger partial charge in [-0.25, -0.2) is 0 Å². The van der Waals surface area contributed by atoms with Gasteiger partial charge in [-0.15, -0.1) is 0 Å². The molecule has 0 aromatic carbocycles. The van der Waals surface area contributed by atoms with Crippen LogP contribution in [-0.4, -0.2) is 42.1 Å². The Morgan fingerprint density at radius 1 is 1.05 bits per heavy atom. The first-order valence-electron chi connectivity index (χ1n) is 9.36. The topological polar surface area (TPSA) is 35.8 Å². The van der Waals surface area contributed by atoms with Crippen LogP contribution >= 0.6 is 0 Å². The van der Waals surface area contributed by atoms with Gasteiger partial charge < -0.3 is 5.11 Å². The minimum absolute atomic E-state index is 0.245. The summed E-state index contributed by atoms with van der Waals surface area (Å²) in [7, 11) is 0. The van der Waals surface area contributed by atoms with Crippen molar-refractivity contribution in [1.82, 2.24) is 4.90 Å². The average Bonchev–Trinajstić information content (AvgIpc) is 2.96. The number of allylic oxidation sites excluding steroid dienone is 2. The van der Waals surface area contributed by atoms with Crippen molar-refractivity contribution in [1.29, 1.82) is 0 Å². The van der Waals surface area contributed by atoms with E-state index in [9.17, 15) is 0 Å². The lowest BCUT2D eigenvalue weighted by molar-refractivity contribution is 0.176.